The molecule has 2 aromatic carbocycles. The first-order valence-corrected chi connectivity index (χ1v) is 12.5. The molecular formula is C23H26Cl3FN2O2S. The van der Waals surface area contributed by atoms with Crippen molar-refractivity contribution < 1.29 is 14.0 Å². The highest BCUT2D eigenvalue weighted by Gasteiger charge is 2.26. The number of thioether (sulfide) groups is 1. The minimum atomic E-state index is -0.705. The van der Waals surface area contributed by atoms with Crippen LogP contribution < -0.4 is 5.32 Å². The van der Waals surface area contributed by atoms with Gasteiger partial charge in [0, 0.05) is 39.5 Å². The van der Waals surface area contributed by atoms with Crippen LogP contribution in [-0.4, -0.2) is 35.1 Å². The Morgan fingerprint density at radius 2 is 1.91 bits per heavy atom. The lowest BCUT2D eigenvalue weighted by atomic mass is 10.1. The van der Waals surface area contributed by atoms with E-state index in [2.05, 4.69) is 5.32 Å². The molecule has 0 unspecified atom stereocenters. The molecule has 0 saturated carbocycles. The summed E-state index contributed by atoms with van der Waals surface area (Å²) in [6.07, 6.45) is 1.81. The predicted molar refractivity (Wildman–Crippen MR) is 132 cm³/mol. The van der Waals surface area contributed by atoms with E-state index in [4.69, 9.17) is 34.8 Å². The molecule has 0 aliphatic rings. The molecule has 4 nitrogen and oxygen atoms in total. The lowest BCUT2D eigenvalue weighted by molar-refractivity contribution is -0.138. The molecule has 0 spiro atoms. The highest BCUT2D eigenvalue weighted by Crippen LogP contribution is 2.26. The topological polar surface area (TPSA) is 49.4 Å². The molecule has 174 valence electrons. The van der Waals surface area contributed by atoms with Crippen molar-refractivity contribution >= 4 is 58.4 Å². The van der Waals surface area contributed by atoms with Crippen LogP contribution in [0.4, 0.5) is 4.39 Å². The first-order chi connectivity index (χ1) is 15.2. The largest absolute Gasteiger partial charge is 0.354 e. The molecule has 32 heavy (non-hydrogen) atoms. The normalized spacial score (nSPS) is 11.8. The highest BCUT2D eigenvalue weighted by atomic mass is 35.5. The first-order valence-electron chi connectivity index (χ1n) is 10.3. The van der Waals surface area contributed by atoms with Crippen LogP contribution in [0.25, 0.3) is 0 Å². The zero-order chi connectivity index (χ0) is 23.7. The van der Waals surface area contributed by atoms with Crippen LogP contribution in [0.15, 0.2) is 36.4 Å². The van der Waals surface area contributed by atoms with Gasteiger partial charge in [-0.15, -0.1) is 11.8 Å². The van der Waals surface area contributed by atoms with Crippen LogP contribution in [0.2, 0.25) is 15.1 Å². The number of carbonyl (C=O) groups excluding carboxylic acids is 2. The minimum Gasteiger partial charge on any atom is -0.354 e. The number of benzene rings is 2. The van der Waals surface area contributed by atoms with Gasteiger partial charge in [-0.2, -0.15) is 0 Å². The van der Waals surface area contributed by atoms with Crippen LogP contribution >= 0.6 is 46.6 Å². The molecule has 0 aliphatic carbocycles. The van der Waals surface area contributed by atoms with Gasteiger partial charge in [-0.1, -0.05) is 60.3 Å². The van der Waals surface area contributed by atoms with E-state index in [9.17, 15) is 14.0 Å². The Morgan fingerprint density at radius 3 is 2.56 bits per heavy atom. The number of nitrogens with one attached hydrogen (secondary N) is 1. The second-order valence-electron chi connectivity index (χ2n) is 7.27. The van der Waals surface area contributed by atoms with Crippen molar-refractivity contribution in [3.8, 4) is 0 Å². The summed E-state index contributed by atoms with van der Waals surface area (Å²) in [5, 5.41) is 4.08. The Morgan fingerprint density at radius 1 is 1.16 bits per heavy atom. The zero-order valence-corrected chi connectivity index (χ0v) is 21.1. The van der Waals surface area contributed by atoms with Gasteiger partial charge in [-0.3, -0.25) is 9.59 Å². The molecular weight excluding hydrogens is 494 g/mol. The van der Waals surface area contributed by atoms with Gasteiger partial charge >= 0.3 is 0 Å². The Kier molecular flexibility index (Phi) is 11.1. The third-order valence-electron chi connectivity index (χ3n) is 4.89. The Bertz CT molecular complexity index is 925. The van der Waals surface area contributed by atoms with E-state index in [0.29, 0.717) is 32.7 Å². The SMILES string of the molecule is CCCCNC(=O)[C@@H](C)N(Cc1ccc(Cl)cc1Cl)C(=O)CSCc1c(F)cccc1Cl. The average Bonchev–Trinajstić information content (AvgIpc) is 2.74. The van der Waals surface area contributed by atoms with E-state index < -0.39 is 11.9 Å². The number of nitrogens with zero attached hydrogens (tertiary/aromatic N) is 1. The lowest BCUT2D eigenvalue weighted by Crippen LogP contribution is -2.48. The predicted octanol–water partition coefficient (Wildman–Crippen LogP) is 6.35. The summed E-state index contributed by atoms with van der Waals surface area (Å²) in [7, 11) is 0. The van der Waals surface area contributed by atoms with Gasteiger partial charge in [0.1, 0.15) is 11.9 Å². The van der Waals surface area contributed by atoms with Crippen molar-refractivity contribution in [1.82, 2.24) is 10.2 Å². The molecule has 2 aromatic rings. The van der Waals surface area contributed by atoms with Crippen molar-refractivity contribution in [1.29, 1.82) is 0 Å². The van der Waals surface area contributed by atoms with Crippen LogP contribution in [0.3, 0.4) is 0 Å². The van der Waals surface area contributed by atoms with Crippen LogP contribution in [-0.2, 0) is 21.9 Å². The highest BCUT2D eigenvalue weighted by molar-refractivity contribution is 7.99. The average molecular weight is 520 g/mol. The van der Waals surface area contributed by atoms with Crippen molar-refractivity contribution in [3.05, 3.63) is 68.4 Å². The number of halogens is 4. The monoisotopic (exact) mass is 518 g/mol. The standard InChI is InChI=1S/C23H26Cl3FN2O2S/c1-3-4-10-28-23(31)15(2)29(12-16-8-9-17(24)11-20(16)26)22(30)14-32-13-18-19(25)6-5-7-21(18)27/h5-9,11,15H,3-4,10,12-14H2,1-2H3,(H,28,31)/t15-/m1/s1. The third-order valence-corrected chi connectivity index (χ3v) is 6.77. The minimum absolute atomic E-state index is 0.0580. The Balaban J connectivity index is 2.12. The van der Waals surface area contributed by atoms with Crippen molar-refractivity contribution in [2.45, 2.75) is 45.0 Å². The summed E-state index contributed by atoms with van der Waals surface area (Å²) in [6.45, 7) is 4.41. The summed E-state index contributed by atoms with van der Waals surface area (Å²) < 4.78 is 14.0. The first kappa shape index (κ1) is 26.8. The number of carbonyl (C=O) groups is 2. The van der Waals surface area contributed by atoms with E-state index in [1.165, 1.54) is 28.8 Å². The van der Waals surface area contributed by atoms with Crippen LogP contribution in [0, 0.1) is 5.82 Å². The van der Waals surface area contributed by atoms with E-state index in [0.717, 1.165) is 12.8 Å². The van der Waals surface area contributed by atoms with Crippen molar-refractivity contribution in [2.75, 3.05) is 12.3 Å². The quantitative estimate of drug-likeness (QED) is 0.352. The number of rotatable bonds is 11. The van der Waals surface area contributed by atoms with Gasteiger partial charge in [0.25, 0.3) is 0 Å². The number of amides is 2. The molecule has 0 bridgehead atoms. The van der Waals surface area contributed by atoms with Crippen LogP contribution in [0.5, 0.6) is 0 Å². The van der Waals surface area contributed by atoms with Gasteiger partial charge in [-0.25, -0.2) is 4.39 Å². The molecule has 0 aliphatic heterocycles. The number of hydrogen-bond donors (Lipinski definition) is 1. The lowest BCUT2D eigenvalue weighted by Gasteiger charge is -2.29. The molecule has 9 heteroatoms. The van der Waals surface area contributed by atoms with E-state index in [-0.39, 0.29) is 29.9 Å². The molecule has 0 saturated heterocycles. The summed E-state index contributed by atoms with van der Waals surface area (Å²) >= 11 is 19.6. The van der Waals surface area contributed by atoms with E-state index in [1.807, 2.05) is 6.92 Å². The summed E-state index contributed by atoms with van der Waals surface area (Å²) in [4.78, 5) is 27.2. The number of hydrogen-bond acceptors (Lipinski definition) is 3. The fourth-order valence-electron chi connectivity index (χ4n) is 2.95. The Labute approximate surface area is 207 Å². The van der Waals surface area contributed by atoms with Crippen molar-refractivity contribution in [3.63, 3.8) is 0 Å². The van der Waals surface area contributed by atoms with Gasteiger partial charge in [0.15, 0.2) is 0 Å². The van der Waals surface area contributed by atoms with E-state index in [1.54, 1.807) is 31.2 Å². The molecule has 0 heterocycles. The molecule has 0 fully saturated rings. The molecule has 0 aromatic heterocycles. The van der Waals surface area contributed by atoms with Crippen LogP contribution in [0.1, 0.15) is 37.8 Å². The smallest absolute Gasteiger partial charge is 0.242 e. The van der Waals surface area contributed by atoms with Crippen molar-refractivity contribution in [2.24, 2.45) is 0 Å². The van der Waals surface area contributed by atoms with E-state index >= 15 is 0 Å². The summed E-state index contributed by atoms with van der Waals surface area (Å²) in [5.41, 5.74) is 1.03. The third kappa shape index (κ3) is 7.84. The second-order valence-corrected chi connectivity index (χ2v) is 9.51. The molecule has 1 atom stereocenters. The molecule has 0 radical (unpaired) electrons. The Hall–Kier alpha value is -1.47. The maximum absolute atomic E-state index is 14.0. The summed E-state index contributed by atoms with van der Waals surface area (Å²) in [5.74, 6) is -0.608. The van der Waals surface area contributed by atoms with Gasteiger partial charge < -0.3 is 10.2 Å². The number of unbranched alkanes of at least 4 members (excludes halogenated alkanes) is 1. The maximum Gasteiger partial charge on any atom is 0.242 e. The van der Waals surface area contributed by atoms with Gasteiger partial charge in [0.05, 0.1) is 5.75 Å². The molecule has 2 rings (SSSR count). The molecule has 2 amide bonds. The second kappa shape index (κ2) is 13.3. The maximum atomic E-state index is 14.0. The fraction of sp³-hybridized carbons (Fsp3) is 0.391. The molecule has 1 N–H and O–H groups in total. The fourth-order valence-corrected chi connectivity index (χ4v) is 4.66. The zero-order valence-electron chi connectivity index (χ0n) is 18.0. The van der Waals surface area contributed by atoms with Gasteiger partial charge in [0.2, 0.25) is 11.8 Å². The van der Waals surface area contributed by atoms with Gasteiger partial charge in [-0.05, 0) is 43.2 Å². The summed E-state index contributed by atoms with van der Waals surface area (Å²) in [6, 6.07) is 8.80.